The van der Waals surface area contributed by atoms with Gasteiger partial charge in [-0.1, -0.05) is 34.6 Å². The highest BCUT2D eigenvalue weighted by molar-refractivity contribution is 7.98. The lowest BCUT2D eigenvalue weighted by Crippen LogP contribution is -2.27. The first-order valence-electron chi connectivity index (χ1n) is 9.96. The molecule has 1 amide bonds. The number of aryl methyl sites for hydroxylation is 1. The van der Waals surface area contributed by atoms with Gasteiger partial charge in [-0.2, -0.15) is 0 Å². The molecule has 0 spiro atoms. The number of amides is 1. The summed E-state index contributed by atoms with van der Waals surface area (Å²) in [5.74, 6) is 0.139. The topological polar surface area (TPSA) is 94.8 Å². The van der Waals surface area contributed by atoms with E-state index in [1.54, 1.807) is 23.1 Å². The number of aromatic nitrogens is 5. The fourth-order valence-corrected chi connectivity index (χ4v) is 3.67. The van der Waals surface area contributed by atoms with Crippen LogP contribution in [0.15, 0.2) is 41.8 Å². The van der Waals surface area contributed by atoms with Crippen molar-refractivity contribution in [2.45, 2.75) is 44.2 Å². The Balaban J connectivity index is 1.79. The van der Waals surface area contributed by atoms with Crippen molar-refractivity contribution in [3.8, 4) is 5.69 Å². The number of hydrogen-bond donors (Lipinski definition) is 1. The number of carbonyl (C=O) groups excluding carboxylic acids is 1. The maximum atomic E-state index is 12.8. The molecule has 0 fully saturated rings. The van der Waals surface area contributed by atoms with Gasteiger partial charge in [0.1, 0.15) is 0 Å². The Bertz CT molecular complexity index is 1010. The fraction of sp³-hybridized carbons (Fsp3) is 0.381. The molecule has 0 aliphatic heterocycles. The quantitative estimate of drug-likeness (QED) is 0.279. The summed E-state index contributed by atoms with van der Waals surface area (Å²) in [5.41, 5.74) is 2.61. The number of nitrogens with zero attached hydrogens (tertiary/aromatic N) is 5. The number of rotatable bonds is 10. The van der Waals surface area contributed by atoms with Crippen molar-refractivity contribution in [1.29, 1.82) is 0 Å². The van der Waals surface area contributed by atoms with Crippen LogP contribution in [0.2, 0.25) is 5.02 Å². The molecule has 31 heavy (non-hydrogen) atoms. The molecule has 0 aliphatic carbocycles. The largest absolute Gasteiger partial charge is 0.379 e. The minimum atomic E-state index is -0.279. The van der Waals surface area contributed by atoms with Crippen LogP contribution in [0.1, 0.15) is 42.0 Å². The Morgan fingerprint density at radius 1 is 1.29 bits per heavy atom. The second-order valence-corrected chi connectivity index (χ2v) is 8.43. The minimum Gasteiger partial charge on any atom is -0.379 e. The summed E-state index contributed by atoms with van der Waals surface area (Å²) in [6.07, 6.45) is 4.24. The van der Waals surface area contributed by atoms with Gasteiger partial charge < -0.3 is 10.1 Å². The van der Waals surface area contributed by atoms with Gasteiger partial charge in [-0.05, 0) is 51.0 Å². The third kappa shape index (κ3) is 6.49. The molecule has 0 radical (unpaired) electrons. The van der Waals surface area contributed by atoms with Gasteiger partial charge in [-0.15, -0.1) is 5.10 Å². The van der Waals surface area contributed by atoms with E-state index in [1.165, 1.54) is 11.8 Å². The number of thioether (sulfide) groups is 1. The van der Waals surface area contributed by atoms with Crippen molar-refractivity contribution in [3.05, 3.63) is 58.6 Å². The van der Waals surface area contributed by atoms with Crippen LogP contribution in [-0.4, -0.2) is 50.1 Å². The van der Waals surface area contributed by atoms with Crippen LogP contribution in [0, 0.1) is 6.92 Å². The van der Waals surface area contributed by atoms with Gasteiger partial charge in [0, 0.05) is 36.3 Å². The lowest BCUT2D eigenvalue weighted by atomic mass is 10.2. The van der Waals surface area contributed by atoms with Crippen LogP contribution in [-0.2, 0) is 10.5 Å². The molecule has 8 nitrogen and oxygen atoms in total. The molecule has 0 saturated carbocycles. The molecule has 10 heteroatoms. The van der Waals surface area contributed by atoms with Gasteiger partial charge in [0.05, 0.1) is 17.5 Å². The molecular formula is C21H25ClN6O2S. The number of ether oxygens (including phenoxy) is 1. The predicted molar refractivity (Wildman–Crippen MR) is 121 cm³/mol. The van der Waals surface area contributed by atoms with E-state index in [4.69, 9.17) is 16.3 Å². The lowest BCUT2D eigenvalue weighted by Gasteiger charge is -2.10. The Labute approximate surface area is 190 Å². The molecule has 3 aromatic rings. The summed E-state index contributed by atoms with van der Waals surface area (Å²) < 4.78 is 7.15. The molecule has 164 valence electrons. The number of nitrogens with one attached hydrogen (secondary N) is 1. The van der Waals surface area contributed by atoms with E-state index in [2.05, 4.69) is 25.6 Å². The number of carbonyl (C=O) groups is 1. The van der Waals surface area contributed by atoms with Crippen LogP contribution in [0.3, 0.4) is 0 Å². The number of halogens is 1. The first kappa shape index (κ1) is 23.2. The summed E-state index contributed by atoms with van der Waals surface area (Å²) >= 11 is 7.71. The molecule has 3 rings (SSSR count). The molecule has 0 aliphatic rings. The monoisotopic (exact) mass is 460 g/mol. The molecule has 2 aromatic heterocycles. The minimum absolute atomic E-state index is 0.167. The average Bonchev–Trinajstić information content (AvgIpc) is 3.18. The standard InChI is InChI=1S/C21H25ClN6O2S/c1-14(2)30-11-5-10-23-20(29)19-18(13-31-21-24-8-4-9-25-21)28(27-26-19)16-7-6-15(3)17(22)12-16/h4,6-9,12,14H,5,10-11,13H2,1-3H3,(H,23,29). The smallest absolute Gasteiger partial charge is 0.273 e. The number of benzene rings is 1. The Morgan fingerprint density at radius 3 is 2.77 bits per heavy atom. The van der Waals surface area contributed by atoms with Crippen molar-refractivity contribution in [3.63, 3.8) is 0 Å². The van der Waals surface area contributed by atoms with E-state index in [0.717, 1.165) is 11.3 Å². The highest BCUT2D eigenvalue weighted by Gasteiger charge is 2.21. The molecule has 1 aromatic carbocycles. The normalized spacial score (nSPS) is 11.1. The molecule has 0 bridgehead atoms. The van der Waals surface area contributed by atoms with Crippen LogP contribution >= 0.6 is 23.4 Å². The van der Waals surface area contributed by atoms with Crippen molar-refractivity contribution in [2.24, 2.45) is 0 Å². The van der Waals surface area contributed by atoms with Gasteiger partial charge in [0.2, 0.25) is 0 Å². The summed E-state index contributed by atoms with van der Waals surface area (Å²) in [6, 6.07) is 7.37. The number of hydrogen-bond acceptors (Lipinski definition) is 7. The van der Waals surface area contributed by atoms with Crippen molar-refractivity contribution in [1.82, 2.24) is 30.3 Å². The zero-order chi connectivity index (χ0) is 22.2. The second-order valence-electron chi connectivity index (χ2n) is 7.08. The predicted octanol–water partition coefficient (Wildman–Crippen LogP) is 3.86. The van der Waals surface area contributed by atoms with Gasteiger partial charge in [0.15, 0.2) is 10.9 Å². The third-order valence-corrected chi connectivity index (χ3v) is 5.61. The van der Waals surface area contributed by atoms with E-state index in [0.29, 0.717) is 41.2 Å². The third-order valence-electron chi connectivity index (χ3n) is 4.32. The molecular weight excluding hydrogens is 436 g/mol. The molecule has 0 atom stereocenters. The maximum absolute atomic E-state index is 12.8. The zero-order valence-corrected chi connectivity index (χ0v) is 19.3. The lowest BCUT2D eigenvalue weighted by molar-refractivity contribution is 0.0756. The molecule has 1 N–H and O–H groups in total. The van der Waals surface area contributed by atoms with Crippen LogP contribution in [0.5, 0.6) is 0 Å². The van der Waals surface area contributed by atoms with Gasteiger partial charge in [-0.25, -0.2) is 14.6 Å². The Kier molecular flexibility index (Phi) is 8.39. The van der Waals surface area contributed by atoms with Crippen molar-refractivity contribution < 1.29 is 9.53 Å². The zero-order valence-electron chi connectivity index (χ0n) is 17.7. The fourth-order valence-electron chi connectivity index (χ4n) is 2.70. The van der Waals surface area contributed by atoms with Gasteiger partial charge >= 0.3 is 0 Å². The Hall–Kier alpha value is -2.49. The maximum Gasteiger partial charge on any atom is 0.273 e. The Morgan fingerprint density at radius 2 is 2.06 bits per heavy atom. The van der Waals surface area contributed by atoms with Gasteiger partial charge in [-0.3, -0.25) is 4.79 Å². The second kappa shape index (κ2) is 11.2. The summed E-state index contributed by atoms with van der Waals surface area (Å²) in [6.45, 7) is 6.96. The van der Waals surface area contributed by atoms with Crippen molar-refractivity contribution >= 4 is 29.3 Å². The van der Waals surface area contributed by atoms with E-state index >= 15 is 0 Å². The van der Waals surface area contributed by atoms with E-state index < -0.39 is 0 Å². The van der Waals surface area contributed by atoms with Crippen LogP contribution in [0.4, 0.5) is 0 Å². The highest BCUT2D eigenvalue weighted by Crippen LogP contribution is 2.25. The molecule has 2 heterocycles. The SMILES string of the molecule is Cc1ccc(-n2nnc(C(=O)NCCCOC(C)C)c2CSc2ncccn2)cc1Cl. The molecule has 0 unspecified atom stereocenters. The highest BCUT2D eigenvalue weighted by atomic mass is 35.5. The van der Waals surface area contributed by atoms with Crippen molar-refractivity contribution in [2.75, 3.05) is 13.2 Å². The summed E-state index contributed by atoms with van der Waals surface area (Å²) in [4.78, 5) is 21.3. The molecule has 0 saturated heterocycles. The first-order valence-corrected chi connectivity index (χ1v) is 11.3. The summed E-state index contributed by atoms with van der Waals surface area (Å²) in [5, 5.41) is 12.5. The van der Waals surface area contributed by atoms with Crippen LogP contribution in [0.25, 0.3) is 5.69 Å². The van der Waals surface area contributed by atoms with E-state index in [1.807, 2.05) is 39.0 Å². The van der Waals surface area contributed by atoms with E-state index in [-0.39, 0.29) is 17.7 Å². The van der Waals surface area contributed by atoms with E-state index in [9.17, 15) is 4.79 Å². The van der Waals surface area contributed by atoms with Crippen LogP contribution < -0.4 is 5.32 Å². The average molecular weight is 461 g/mol. The summed E-state index contributed by atoms with van der Waals surface area (Å²) in [7, 11) is 0. The first-order chi connectivity index (χ1) is 15.0. The van der Waals surface area contributed by atoms with Gasteiger partial charge in [0.25, 0.3) is 5.91 Å².